The molecule has 0 spiro atoms. The van der Waals surface area contributed by atoms with Crippen molar-refractivity contribution in [3.8, 4) is 0 Å². The van der Waals surface area contributed by atoms with Gasteiger partial charge in [0.2, 0.25) is 0 Å². The average Bonchev–Trinajstić information content (AvgIpc) is 2.78. The molecule has 0 bridgehead atoms. The van der Waals surface area contributed by atoms with Crippen molar-refractivity contribution in [3.05, 3.63) is 0 Å². The van der Waals surface area contributed by atoms with E-state index in [9.17, 15) is 0 Å². The van der Waals surface area contributed by atoms with Gasteiger partial charge in [-0.05, 0) is 38.8 Å². The van der Waals surface area contributed by atoms with E-state index in [0.29, 0.717) is 6.04 Å². The summed E-state index contributed by atoms with van der Waals surface area (Å²) in [5.74, 6) is 1.50. The zero-order valence-corrected chi connectivity index (χ0v) is 12.9. The lowest BCUT2D eigenvalue weighted by Crippen LogP contribution is -2.45. The molecule has 0 aliphatic heterocycles. The van der Waals surface area contributed by atoms with Crippen molar-refractivity contribution in [2.45, 2.75) is 45.6 Å². The lowest BCUT2D eigenvalue weighted by atomic mass is 9.98. The molecule has 1 atom stereocenters. The van der Waals surface area contributed by atoms with Crippen LogP contribution in [-0.2, 0) is 0 Å². The minimum atomic E-state index is 0.383. The molecule has 0 amide bonds. The Hall–Kier alpha value is -0.120. The quantitative estimate of drug-likeness (QED) is 0.720. The van der Waals surface area contributed by atoms with Gasteiger partial charge in [-0.2, -0.15) is 0 Å². The Kier molecular flexibility index (Phi) is 7.20. The van der Waals surface area contributed by atoms with E-state index in [2.05, 4.69) is 37.7 Å². The first-order valence-electron chi connectivity index (χ1n) is 7.61. The van der Waals surface area contributed by atoms with Crippen LogP contribution in [0.5, 0.6) is 0 Å². The van der Waals surface area contributed by atoms with Crippen LogP contribution < -0.4 is 5.73 Å². The summed E-state index contributed by atoms with van der Waals surface area (Å²) in [6.45, 7) is 9.12. The van der Waals surface area contributed by atoms with Crippen molar-refractivity contribution in [1.82, 2.24) is 9.80 Å². The van der Waals surface area contributed by atoms with Crippen LogP contribution in [0.1, 0.15) is 39.5 Å². The topological polar surface area (TPSA) is 32.5 Å². The van der Waals surface area contributed by atoms with Crippen molar-refractivity contribution < 1.29 is 0 Å². The van der Waals surface area contributed by atoms with Gasteiger partial charge in [-0.15, -0.1) is 0 Å². The molecule has 0 heterocycles. The second-order valence-electron chi connectivity index (χ2n) is 6.67. The van der Waals surface area contributed by atoms with Gasteiger partial charge in [0.05, 0.1) is 0 Å². The maximum absolute atomic E-state index is 6.41. The largest absolute Gasteiger partial charge is 0.326 e. The molecular weight excluding hydrogens is 222 g/mol. The van der Waals surface area contributed by atoms with Gasteiger partial charge in [0, 0.05) is 32.2 Å². The van der Waals surface area contributed by atoms with Gasteiger partial charge in [0.15, 0.2) is 0 Å². The van der Waals surface area contributed by atoms with E-state index in [1.165, 1.54) is 32.2 Å². The van der Waals surface area contributed by atoms with Gasteiger partial charge < -0.3 is 15.5 Å². The minimum absolute atomic E-state index is 0.383. The van der Waals surface area contributed by atoms with E-state index in [0.717, 1.165) is 31.5 Å². The Morgan fingerprint density at radius 1 is 1.06 bits per heavy atom. The number of nitrogens with zero attached hydrogens (tertiary/aromatic N) is 2. The van der Waals surface area contributed by atoms with Crippen LogP contribution in [0, 0.1) is 11.8 Å². The summed E-state index contributed by atoms with van der Waals surface area (Å²) in [5.41, 5.74) is 6.41. The minimum Gasteiger partial charge on any atom is -0.326 e. The molecule has 2 N–H and O–H groups in total. The van der Waals surface area contributed by atoms with Gasteiger partial charge in [0.1, 0.15) is 0 Å². The Balaban J connectivity index is 2.37. The van der Waals surface area contributed by atoms with Crippen LogP contribution in [0.3, 0.4) is 0 Å². The van der Waals surface area contributed by atoms with Crippen LogP contribution in [0.4, 0.5) is 0 Å². The normalized spacial score (nSPS) is 19.3. The molecule has 0 saturated heterocycles. The van der Waals surface area contributed by atoms with E-state index in [1.54, 1.807) is 0 Å². The second-order valence-corrected chi connectivity index (χ2v) is 6.67. The summed E-state index contributed by atoms with van der Waals surface area (Å²) in [6, 6.07) is 0.383. The highest BCUT2D eigenvalue weighted by atomic mass is 15.2. The molecule has 0 radical (unpaired) electrons. The van der Waals surface area contributed by atoms with Crippen molar-refractivity contribution in [2.24, 2.45) is 17.6 Å². The highest BCUT2D eigenvalue weighted by Crippen LogP contribution is 2.27. The Morgan fingerprint density at radius 2 is 1.67 bits per heavy atom. The van der Waals surface area contributed by atoms with Crippen molar-refractivity contribution in [2.75, 3.05) is 40.3 Å². The summed E-state index contributed by atoms with van der Waals surface area (Å²) in [5, 5.41) is 0. The Morgan fingerprint density at radius 3 is 2.17 bits per heavy atom. The molecule has 108 valence electrons. The number of nitrogens with two attached hydrogens (primary N) is 1. The van der Waals surface area contributed by atoms with Crippen LogP contribution in [0.2, 0.25) is 0 Å². The first kappa shape index (κ1) is 15.9. The van der Waals surface area contributed by atoms with E-state index in [4.69, 9.17) is 5.73 Å². The molecule has 1 saturated carbocycles. The molecule has 1 aliphatic rings. The van der Waals surface area contributed by atoms with Crippen LogP contribution in [0.25, 0.3) is 0 Å². The van der Waals surface area contributed by atoms with E-state index >= 15 is 0 Å². The zero-order valence-electron chi connectivity index (χ0n) is 12.9. The third-order valence-corrected chi connectivity index (χ3v) is 3.96. The molecule has 1 unspecified atom stereocenters. The smallest absolute Gasteiger partial charge is 0.0196 e. The Labute approximate surface area is 114 Å². The lowest BCUT2D eigenvalue weighted by molar-refractivity contribution is 0.191. The highest BCUT2D eigenvalue weighted by Gasteiger charge is 2.23. The molecule has 1 rings (SSSR count). The van der Waals surface area contributed by atoms with Gasteiger partial charge in [-0.1, -0.05) is 26.7 Å². The van der Waals surface area contributed by atoms with Gasteiger partial charge >= 0.3 is 0 Å². The monoisotopic (exact) mass is 255 g/mol. The lowest BCUT2D eigenvalue weighted by Gasteiger charge is -2.30. The molecule has 1 fully saturated rings. The zero-order chi connectivity index (χ0) is 13.5. The molecule has 18 heavy (non-hydrogen) atoms. The predicted molar refractivity (Wildman–Crippen MR) is 79.8 cm³/mol. The van der Waals surface area contributed by atoms with Gasteiger partial charge in [0.25, 0.3) is 0 Å². The average molecular weight is 255 g/mol. The number of rotatable bonds is 8. The summed E-state index contributed by atoms with van der Waals surface area (Å²) in [7, 11) is 4.29. The number of likely N-dealkylation sites (N-methyl/N-ethyl adjacent to an activating group) is 1. The maximum atomic E-state index is 6.41. The first-order valence-corrected chi connectivity index (χ1v) is 7.61. The third-order valence-electron chi connectivity index (χ3n) is 3.96. The predicted octanol–water partition coefficient (Wildman–Crippen LogP) is 2.02. The fraction of sp³-hybridized carbons (Fsp3) is 1.00. The standard InChI is InChI=1S/C15H33N3/c1-13(2)11-18(10-9-17(3)4)12-15(16)14-7-5-6-8-14/h13-15H,5-12,16H2,1-4H3. The summed E-state index contributed by atoms with van der Waals surface area (Å²) < 4.78 is 0. The summed E-state index contributed by atoms with van der Waals surface area (Å²) in [4.78, 5) is 4.82. The second kappa shape index (κ2) is 8.13. The molecule has 1 aliphatic carbocycles. The molecule has 3 nitrogen and oxygen atoms in total. The maximum Gasteiger partial charge on any atom is 0.0196 e. The number of hydrogen-bond donors (Lipinski definition) is 1. The van der Waals surface area contributed by atoms with E-state index in [-0.39, 0.29) is 0 Å². The van der Waals surface area contributed by atoms with Crippen molar-refractivity contribution in [3.63, 3.8) is 0 Å². The summed E-state index contributed by atoms with van der Waals surface area (Å²) in [6.07, 6.45) is 5.48. The fourth-order valence-corrected chi connectivity index (χ4v) is 2.95. The first-order chi connectivity index (χ1) is 8.49. The molecular formula is C15H33N3. The van der Waals surface area contributed by atoms with E-state index in [1.807, 2.05) is 0 Å². The fourth-order valence-electron chi connectivity index (χ4n) is 2.95. The van der Waals surface area contributed by atoms with Gasteiger partial charge in [-0.3, -0.25) is 0 Å². The van der Waals surface area contributed by atoms with E-state index < -0.39 is 0 Å². The third kappa shape index (κ3) is 6.17. The molecule has 0 aromatic rings. The molecule has 0 aromatic heterocycles. The summed E-state index contributed by atoms with van der Waals surface area (Å²) >= 11 is 0. The number of hydrogen-bond acceptors (Lipinski definition) is 3. The van der Waals surface area contributed by atoms with Crippen molar-refractivity contribution >= 4 is 0 Å². The highest BCUT2D eigenvalue weighted by molar-refractivity contribution is 4.81. The molecule has 0 aromatic carbocycles. The SMILES string of the molecule is CC(C)CN(CCN(C)C)CC(N)C1CCCC1. The van der Waals surface area contributed by atoms with Crippen LogP contribution in [0.15, 0.2) is 0 Å². The Bertz CT molecular complexity index is 210. The molecule has 3 heteroatoms. The van der Waals surface area contributed by atoms with Gasteiger partial charge in [-0.25, -0.2) is 0 Å². The van der Waals surface area contributed by atoms with Crippen LogP contribution in [-0.4, -0.2) is 56.1 Å². The van der Waals surface area contributed by atoms with Crippen LogP contribution >= 0.6 is 0 Å². The van der Waals surface area contributed by atoms with Crippen molar-refractivity contribution in [1.29, 1.82) is 0 Å².